The van der Waals surface area contributed by atoms with Crippen LogP contribution in [-0.4, -0.2) is 28.1 Å². The maximum absolute atomic E-state index is 13.1. The Morgan fingerprint density at radius 3 is 3.00 bits per heavy atom. The molecule has 2 aromatic rings. The number of esters is 1. The molecule has 0 fully saturated rings. The summed E-state index contributed by atoms with van der Waals surface area (Å²) in [4.78, 5) is 11.2. The average Bonchev–Trinajstić information content (AvgIpc) is 2.81. The van der Waals surface area contributed by atoms with Crippen molar-refractivity contribution in [2.75, 3.05) is 7.11 Å². The maximum atomic E-state index is 13.1. The summed E-state index contributed by atoms with van der Waals surface area (Å²) < 4.78 is 19.4. The molecule has 0 amide bonds. The maximum Gasteiger partial charge on any atom is 0.360 e. The zero-order chi connectivity index (χ0) is 13.1. The third-order valence-electron chi connectivity index (χ3n) is 2.26. The summed E-state index contributed by atoms with van der Waals surface area (Å²) in [6.07, 6.45) is 1.48. The molecule has 7 heteroatoms. The predicted octanol–water partition coefficient (Wildman–Crippen LogP) is 2.01. The number of halogens is 2. The van der Waals surface area contributed by atoms with Gasteiger partial charge in [0.1, 0.15) is 5.82 Å². The van der Waals surface area contributed by atoms with E-state index in [9.17, 15) is 9.18 Å². The number of carbonyl (C=O) groups is 1. The Morgan fingerprint density at radius 1 is 1.56 bits per heavy atom. The molecule has 0 saturated carbocycles. The summed E-state index contributed by atoms with van der Waals surface area (Å²) in [5.41, 5.74) is 0.975. The van der Waals surface area contributed by atoms with Crippen molar-refractivity contribution in [3.8, 4) is 0 Å². The number of methoxy groups -OCH3 is 1. The summed E-state index contributed by atoms with van der Waals surface area (Å²) in [7, 11) is 1.28. The first-order valence-corrected chi connectivity index (χ1v) is 5.82. The van der Waals surface area contributed by atoms with E-state index in [-0.39, 0.29) is 11.5 Å². The van der Waals surface area contributed by atoms with Gasteiger partial charge in [0.15, 0.2) is 5.69 Å². The zero-order valence-electron chi connectivity index (χ0n) is 9.43. The van der Waals surface area contributed by atoms with Crippen molar-refractivity contribution >= 4 is 21.9 Å². The minimum Gasteiger partial charge on any atom is -0.464 e. The van der Waals surface area contributed by atoms with Crippen molar-refractivity contribution in [1.82, 2.24) is 15.0 Å². The second-order valence-corrected chi connectivity index (χ2v) is 4.40. The normalized spacial score (nSPS) is 10.4. The van der Waals surface area contributed by atoms with Crippen molar-refractivity contribution in [1.29, 1.82) is 0 Å². The predicted molar refractivity (Wildman–Crippen MR) is 64.6 cm³/mol. The molecule has 1 heterocycles. The van der Waals surface area contributed by atoms with Crippen LogP contribution in [0.1, 0.15) is 16.1 Å². The standard InChI is InChI=1S/C11H9BrFN3O2/c1-18-11(17)10-6-16(15-14-10)5-7-2-3-9(13)8(12)4-7/h2-4,6H,5H2,1H3. The van der Waals surface area contributed by atoms with Gasteiger partial charge in [0.2, 0.25) is 0 Å². The molecular weight excluding hydrogens is 305 g/mol. The Balaban J connectivity index is 2.16. The van der Waals surface area contributed by atoms with E-state index in [0.29, 0.717) is 11.0 Å². The van der Waals surface area contributed by atoms with E-state index >= 15 is 0 Å². The zero-order valence-corrected chi connectivity index (χ0v) is 11.0. The highest BCUT2D eigenvalue weighted by Crippen LogP contribution is 2.17. The van der Waals surface area contributed by atoms with Crippen LogP contribution in [0, 0.1) is 5.82 Å². The van der Waals surface area contributed by atoms with Gasteiger partial charge in [-0.3, -0.25) is 0 Å². The third kappa shape index (κ3) is 2.73. The molecule has 0 unspecified atom stereocenters. The second-order valence-electron chi connectivity index (χ2n) is 3.54. The van der Waals surface area contributed by atoms with Gasteiger partial charge in [-0.1, -0.05) is 11.3 Å². The van der Waals surface area contributed by atoms with Gasteiger partial charge in [-0.05, 0) is 33.6 Å². The lowest BCUT2D eigenvalue weighted by molar-refractivity contribution is 0.0594. The smallest absolute Gasteiger partial charge is 0.360 e. The van der Waals surface area contributed by atoms with Crippen LogP contribution in [0.15, 0.2) is 28.9 Å². The summed E-state index contributed by atoms with van der Waals surface area (Å²) in [5.74, 6) is -0.867. The van der Waals surface area contributed by atoms with E-state index in [0.717, 1.165) is 5.56 Å². The topological polar surface area (TPSA) is 57.0 Å². The number of hydrogen-bond acceptors (Lipinski definition) is 4. The van der Waals surface area contributed by atoms with Gasteiger partial charge in [0.25, 0.3) is 0 Å². The first kappa shape index (κ1) is 12.7. The molecule has 5 nitrogen and oxygen atoms in total. The minimum atomic E-state index is -0.540. The van der Waals surface area contributed by atoms with Crippen LogP contribution >= 0.6 is 15.9 Å². The van der Waals surface area contributed by atoms with Crippen molar-refractivity contribution in [2.45, 2.75) is 6.54 Å². The van der Waals surface area contributed by atoms with Crippen LogP contribution in [0.3, 0.4) is 0 Å². The number of benzene rings is 1. The van der Waals surface area contributed by atoms with Gasteiger partial charge < -0.3 is 4.74 Å². The van der Waals surface area contributed by atoms with E-state index in [1.165, 1.54) is 24.1 Å². The SMILES string of the molecule is COC(=O)c1cn(Cc2ccc(F)c(Br)c2)nn1. The molecule has 0 atom stereocenters. The van der Waals surface area contributed by atoms with Crippen molar-refractivity contribution in [3.05, 3.63) is 45.9 Å². The molecule has 1 aromatic carbocycles. The van der Waals surface area contributed by atoms with E-state index < -0.39 is 5.97 Å². The fraction of sp³-hybridized carbons (Fsp3) is 0.182. The van der Waals surface area contributed by atoms with Crippen molar-refractivity contribution in [2.24, 2.45) is 0 Å². The summed E-state index contributed by atoms with van der Waals surface area (Å²) in [6, 6.07) is 4.64. The highest BCUT2D eigenvalue weighted by atomic mass is 79.9. The molecule has 0 radical (unpaired) electrons. The molecule has 0 saturated heterocycles. The molecule has 18 heavy (non-hydrogen) atoms. The molecule has 0 aliphatic heterocycles. The fourth-order valence-electron chi connectivity index (χ4n) is 1.40. The van der Waals surface area contributed by atoms with Gasteiger partial charge in [-0.25, -0.2) is 13.9 Å². The van der Waals surface area contributed by atoms with E-state index in [1.54, 1.807) is 12.1 Å². The van der Waals surface area contributed by atoms with Crippen LogP contribution < -0.4 is 0 Å². The number of hydrogen-bond donors (Lipinski definition) is 0. The van der Waals surface area contributed by atoms with Gasteiger partial charge in [0, 0.05) is 0 Å². The molecule has 0 bridgehead atoms. The number of carbonyl (C=O) groups excluding carboxylic acids is 1. The summed E-state index contributed by atoms with van der Waals surface area (Å²) in [5, 5.41) is 7.47. The van der Waals surface area contributed by atoms with Gasteiger partial charge in [-0.2, -0.15) is 0 Å². The fourth-order valence-corrected chi connectivity index (χ4v) is 1.83. The van der Waals surface area contributed by atoms with Crippen LogP contribution in [0.25, 0.3) is 0 Å². The first-order valence-electron chi connectivity index (χ1n) is 5.02. The molecule has 0 aliphatic rings. The van der Waals surface area contributed by atoms with Crippen LogP contribution in [-0.2, 0) is 11.3 Å². The number of aromatic nitrogens is 3. The number of ether oxygens (including phenoxy) is 1. The Hall–Kier alpha value is -1.76. The van der Waals surface area contributed by atoms with Gasteiger partial charge in [0.05, 0.1) is 24.3 Å². The third-order valence-corrected chi connectivity index (χ3v) is 2.87. The number of rotatable bonds is 3. The molecule has 0 aliphatic carbocycles. The summed E-state index contributed by atoms with van der Waals surface area (Å²) in [6.45, 7) is 0.392. The molecule has 0 spiro atoms. The lowest BCUT2D eigenvalue weighted by Crippen LogP contribution is -2.02. The highest BCUT2D eigenvalue weighted by molar-refractivity contribution is 9.10. The van der Waals surface area contributed by atoms with E-state index in [4.69, 9.17) is 0 Å². The Morgan fingerprint density at radius 2 is 2.33 bits per heavy atom. The lowest BCUT2D eigenvalue weighted by Gasteiger charge is -2.02. The molecular formula is C11H9BrFN3O2. The van der Waals surface area contributed by atoms with Crippen LogP contribution in [0.5, 0.6) is 0 Å². The van der Waals surface area contributed by atoms with Crippen molar-refractivity contribution < 1.29 is 13.9 Å². The molecule has 0 N–H and O–H groups in total. The Bertz CT molecular complexity index is 585. The monoisotopic (exact) mass is 313 g/mol. The van der Waals surface area contributed by atoms with Crippen LogP contribution in [0.2, 0.25) is 0 Å². The molecule has 94 valence electrons. The highest BCUT2D eigenvalue weighted by Gasteiger charge is 2.10. The van der Waals surface area contributed by atoms with Gasteiger partial charge in [-0.15, -0.1) is 5.10 Å². The largest absolute Gasteiger partial charge is 0.464 e. The summed E-state index contributed by atoms with van der Waals surface area (Å²) >= 11 is 3.10. The Labute approximate surface area is 111 Å². The van der Waals surface area contributed by atoms with E-state index in [1.807, 2.05) is 0 Å². The lowest BCUT2D eigenvalue weighted by atomic mass is 10.2. The minimum absolute atomic E-state index is 0.138. The Kier molecular flexibility index (Phi) is 3.71. The van der Waals surface area contributed by atoms with Gasteiger partial charge >= 0.3 is 5.97 Å². The first-order chi connectivity index (χ1) is 8.60. The average molecular weight is 314 g/mol. The van der Waals surface area contributed by atoms with Crippen LogP contribution in [0.4, 0.5) is 4.39 Å². The van der Waals surface area contributed by atoms with E-state index in [2.05, 4.69) is 31.0 Å². The molecule has 1 aromatic heterocycles. The number of nitrogens with zero attached hydrogens (tertiary/aromatic N) is 3. The van der Waals surface area contributed by atoms with Crippen molar-refractivity contribution in [3.63, 3.8) is 0 Å². The quantitative estimate of drug-likeness (QED) is 0.813. The second kappa shape index (κ2) is 5.26. The molecule has 2 rings (SSSR count).